The van der Waals surface area contributed by atoms with E-state index in [1.807, 2.05) is 6.08 Å². The van der Waals surface area contributed by atoms with Crippen molar-refractivity contribution in [3.63, 3.8) is 0 Å². The predicted molar refractivity (Wildman–Crippen MR) is 44.8 cm³/mol. The Bertz CT molecular complexity index is 194. The number of carbonyl (C=O) groups excluding carboxylic acids is 1. The van der Waals surface area contributed by atoms with Crippen molar-refractivity contribution in [1.29, 1.82) is 0 Å². The molecule has 11 heavy (non-hydrogen) atoms. The maximum absolute atomic E-state index is 10.4. The van der Waals surface area contributed by atoms with E-state index >= 15 is 0 Å². The first-order valence-electron chi connectivity index (χ1n) is 3.91. The van der Waals surface area contributed by atoms with Crippen LogP contribution in [0.3, 0.4) is 0 Å². The van der Waals surface area contributed by atoms with Gasteiger partial charge >= 0.3 is 0 Å². The van der Waals surface area contributed by atoms with Crippen molar-refractivity contribution >= 4 is 5.91 Å². The molecule has 1 rings (SSSR count). The lowest BCUT2D eigenvalue weighted by atomic mass is 9.94. The third-order valence-corrected chi connectivity index (χ3v) is 1.84. The summed E-state index contributed by atoms with van der Waals surface area (Å²) in [6.07, 6.45) is 11.0. The van der Waals surface area contributed by atoms with E-state index in [0.29, 0.717) is 5.92 Å². The Morgan fingerprint density at radius 3 is 2.91 bits per heavy atom. The summed E-state index contributed by atoms with van der Waals surface area (Å²) in [7, 11) is 0. The molecular formula is C9H13NO. The van der Waals surface area contributed by atoms with Gasteiger partial charge in [-0.25, -0.2) is 0 Å². The van der Waals surface area contributed by atoms with Crippen LogP contribution in [-0.2, 0) is 4.79 Å². The zero-order valence-corrected chi connectivity index (χ0v) is 6.49. The highest BCUT2D eigenvalue weighted by molar-refractivity contribution is 5.85. The van der Waals surface area contributed by atoms with E-state index in [1.54, 1.807) is 0 Å². The van der Waals surface area contributed by atoms with E-state index in [0.717, 1.165) is 19.3 Å². The minimum Gasteiger partial charge on any atom is -0.366 e. The molecule has 2 heteroatoms. The number of carbonyl (C=O) groups is 1. The van der Waals surface area contributed by atoms with E-state index in [2.05, 4.69) is 12.2 Å². The van der Waals surface area contributed by atoms with Gasteiger partial charge in [0, 0.05) is 0 Å². The monoisotopic (exact) mass is 151 g/mol. The van der Waals surface area contributed by atoms with Crippen molar-refractivity contribution in [3.8, 4) is 0 Å². The number of hydrogen-bond acceptors (Lipinski definition) is 1. The van der Waals surface area contributed by atoms with Crippen LogP contribution in [0.5, 0.6) is 0 Å². The first-order valence-corrected chi connectivity index (χ1v) is 3.91. The molecule has 0 aromatic rings. The molecule has 1 amide bonds. The first-order chi connectivity index (χ1) is 5.29. The van der Waals surface area contributed by atoms with Crippen LogP contribution < -0.4 is 5.73 Å². The van der Waals surface area contributed by atoms with Gasteiger partial charge in [-0.05, 0) is 31.3 Å². The summed E-state index contributed by atoms with van der Waals surface area (Å²) in [5.74, 6) is 0.173. The number of nitrogens with two attached hydrogens (primary N) is 1. The average Bonchev–Trinajstić information content (AvgIpc) is 2.03. The number of allylic oxidation sites excluding steroid dienone is 3. The van der Waals surface area contributed by atoms with Gasteiger partial charge in [0.1, 0.15) is 0 Å². The maximum atomic E-state index is 10.4. The molecule has 1 atom stereocenters. The van der Waals surface area contributed by atoms with Gasteiger partial charge in [0.15, 0.2) is 0 Å². The zero-order valence-electron chi connectivity index (χ0n) is 6.49. The lowest BCUT2D eigenvalue weighted by molar-refractivity contribution is -0.113. The average molecular weight is 151 g/mol. The smallest absolute Gasteiger partial charge is 0.241 e. The Labute approximate surface area is 66.8 Å². The van der Waals surface area contributed by atoms with Gasteiger partial charge in [0.05, 0.1) is 0 Å². The fraction of sp³-hybridized carbons (Fsp3) is 0.444. The van der Waals surface area contributed by atoms with E-state index in [1.165, 1.54) is 6.08 Å². The quantitative estimate of drug-likeness (QED) is 0.470. The lowest BCUT2D eigenvalue weighted by Crippen LogP contribution is -2.07. The summed E-state index contributed by atoms with van der Waals surface area (Å²) < 4.78 is 0. The molecule has 0 radical (unpaired) electrons. The summed E-state index contributed by atoms with van der Waals surface area (Å²) in [5.41, 5.74) is 4.97. The maximum Gasteiger partial charge on any atom is 0.241 e. The molecule has 0 spiro atoms. The second-order valence-electron chi connectivity index (χ2n) is 2.81. The minimum atomic E-state index is -0.348. The Kier molecular flexibility index (Phi) is 2.90. The van der Waals surface area contributed by atoms with Crippen molar-refractivity contribution in [2.75, 3.05) is 0 Å². The standard InChI is InChI=1S/C9H13NO/c10-9(11)7-6-8-4-2-1-3-5-8/h1-2,6-8H,3-5H2,(H2,10,11)/b7-6+. The number of rotatable bonds is 2. The van der Waals surface area contributed by atoms with Crippen LogP contribution in [0.4, 0.5) is 0 Å². The SMILES string of the molecule is NC(=O)/C=C/C1CC=CCC1. The second-order valence-corrected chi connectivity index (χ2v) is 2.81. The Hall–Kier alpha value is -1.05. The highest BCUT2D eigenvalue weighted by atomic mass is 16.1. The fourth-order valence-electron chi connectivity index (χ4n) is 1.22. The van der Waals surface area contributed by atoms with Crippen LogP contribution in [-0.4, -0.2) is 5.91 Å². The van der Waals surface area contributed by atoms with Gasteiger partial charge < -0.3 is 5.73 Å². The van der Waals surface area contributed by atoms with Crippen molar-refractivity contribution in [3.05, 3.63) is 24.3 Å². The first kappa shape index (κ1) is 8.05. The lowest BCUT2D eigenvalue weighted by Gasteiger charge is -2.11. The van der Waals surface area contributed by atoms with Crippen LogP contribution in [0, 0.1) is 5.92 Å². The molecule has 0 bridgehead atoms. The molecule has 0 aromatic heterocycles. The molecule has 0 aromatic carbocycles. The molecule has 0 heterocycles. The van der Waals surface area contributed by atoms with Crippen LogP contribution in [0.25, 0.3) is 0 Å². The van der Waals surface area contributed by atoms with E-state index in [4.69, 9.17) is 5.73 Å². The van der Waals surface area contributed by atoms with E-state index < -0.39 is 0 Å². The van der Waals surface area contributed by atoms with E-state index in [-0.39, 0.29) is 5.91 Å². The van der Waals surface area contributed by atoms with Crippen LogP contribution in [0.2, 0.25) is 0 Å². The summed E-state index contributed by atoms with van der Waals surface area (Å²) in [5, 5.41) is 0. The van der Waals surface area contributed by atoms with Crippen LogP contribution >= 0.6 is 0 Å². The number of primary amides is 1. The van der Waals surface area contributed by atoms with Crippen molar-refractivity contribution in [1.82, 2.24) is 0 Å². The Morgan fingerprint density at radius 2 is 2.36 bits per heavy atom. The van der Waals surface area contributed by atoms with Crippen molar-refractivity contribution < 1.29 is 4.79 Å². The molecule has 1 aliphatic rings. The van der Waals surface area contributed by atoms with Gasteiger partial charge in [-0.1, -0.05) is 18.2 Å². The predicted octanol–water partition coefficient (Wildman–Crippen LogP) is 1.38. The van der Waals surface area contributed by atoms with Crippen molar-refractivity contribution in [2.24, 2.45) is 11.7 Å². The van der Waals surface area contributed by atoms with Gasteiger partial charge in [-0.15, -0.1) is 0 Å². The summed E-state index contributed by atoms with van der Waals surface area (Å²) in [6, 6.07) is 0. The Balaban J connectivity index is 2.37. The molecule has 1 unspecified atom stereocenters. The van der Waals surface area contributed by atoms with Crippen LogP contribution in [0.15, 0.2) is 24.3 Å². The third kappa shape index (κ3) is 3.03. The van der Waals surface area contributed by atoms with Gasteiger partial charge in [-0.2, -0.15) is 0 Å². The van der Waals surface area contributed by atoms with Crippen LogP contribution in [0.1, 0.15) is 19.3 Å². The molecule has 1 aliphatic carbocycles. The molecule has 0 aliphatic heterocycles. The molecule has 2 nitrogen and oxygen atoms in total. The summed E-state index contributed by atoms with van der Waals surface area (Å²) >= 11 is 0. The zero-order chi connectivity index (χ0) is 8.10. The molecular weight excluding hydrogens is 138 g/mol. The molecule has 0 saturated carbocycles. The minimum absolute atomic E-state index is 0.348. The summed E-state index contributed by atoms with van der Waals surface area (Å²) in [6.45, 7) is 0. The highest BCUT2D eigenvalue weighted by Crippen LogP contribution is 2.18. The molecule has 2 N–H and O–H groups in total. The molecule has 60 valence electrons. The summed E-state index contributed by atoms with van der Waals surface area (Å²) in [4.78, 5) is 10.4. The molecule has 0 saturated heterocycles. The normalized spacial score (nSPS) is 24.2. The fourth-order valence-corrected chi connectivity index (χ4v) is 1.22. The van der Waals surface area contributed by atoms with Gasteiger partial charge in [0.2, 0.25) is 5.91 Å². The highest BCUT2D eigenvalue weighted by Gasteiger charge is 2.04. The van der Waals surface area contributed by atoms with Gasteiger partial charge in [0.25, 0.3) is 0 Å². The van der Waals surface area contributed by atoms with Crippen molar-refractivity contribution in [2.45, 2.75) is 19.3 Å². The topological polar surface area (TPSA) is 43.1 Å². The second kappa shape index (κ2) is 3.96. The Morgan fingerprint density at radius 1 is 1.55 bits per heavy atom. The number of hydrogen-bond donors (Lipinski definition) is 1. The number of amides is 1. The third-order valence-electron chi connectivity index (χ3n) is 1.84. The molecule has 0 fully saturated rings. The van der Waals surface area contributed by atoms with E-state index in [9.17, 15) is 4.79 Å². The largest absolute Gasteiger partial charge is 0.366 e. The van der Waals surface area contributed by atoms with Gasteiger partial charge in [-0.3, -0.25) is 4.79 Å².